The Morgan fingerprint density at radius 2 is 1.77 bits per heavy atom. The zero-order chi connectivity index (χ0) is 18.8. The molecule has 0 aliphatic carbocycles. The van der Waals surface area contributed by atoms with Gasteiger partial charge in [-0.15, -0.1) is 11.8 Å². The smallest absolute Gasteiger partial charge is 0.272 e. The van der Waals surface area contributed by atoms with E-state index in [0.717, 1.165) is 5.56 Å². The van der Waals surface area contributed by atoms with Crippen LogP contribution in [0.4, 0.5) is 5.69 Å². The molecule has 0 fully saturated rings. The van der Waals surface area contributed by atoms with Gasteiger partial charge in [-0.2, -0.15) is 0 Å². The van der Waals surface area contributed by atoms with Crippen LogP contribution in [0.3, 0.4) is 0 Å². The molecule has 0 atom stereocenters. The number of imide groups is 1. The molecule has 0 aromatic heterocycles. The van der Waals surface area contributed by atoms with Crippen molar-refractivity contribution in [3.05, 3.63) is 63.5 Å². The van der Waals surface area contributed by atoms with Gasteiger partial charge in [-0.1, -0.05) is 36.7 Å². The molecule has 0 bridgehead atoms. The van der Waals surface area contributed by atoms with Crippen molar-refractivity contribution in [2.75, 3.05) is 17.8 Å². The highest BCUT2D eigenvalue weighted by atomic mass is 35.5. The molecule has 0 spiro atoms. The lowest BCUT2D eigenvalue weighted by molar-refractivity contribution is -0.119. The third kappa shape index (κ3) is 3.24. The average molecular weight is 388 g/mol. The molecule has 0 radical (unpaired) electrons. The van der Waals surface area contributed by atoms with Gasteiger partial charge >= 0.3 is 0 Å². The van der Waals surface area contributed by atoms with E-state index >= 15 is 0 Å². The highest BCUT2D eigenvalue weighted by molar-refractivity contribution is 8.04. The van der Waals surface area contributed by atoms with Crippen molar-refractivity contribution in [2.24, 2.45) is 0 Å². The molecule has 134 valence electrons. The largest absolute Gasteiger partial charge is 0.497 e. The number of hydrogen-bond donors (Lipinski definition) is 0. The monoisotopic (exact) mass is 387 g/mol. The normalized spacial score (nSPS) is 14.4. The molecule has 0 N–H and O–H groups in total. The average Bonchev–Trinajstić information content (AvgIpc) is 2.88. The molecule has 2 aromatic rings. The van der Waals surface area contributed by atoms with Crippen LogP contribution in [0.5, 0.6) is 5.75 Å². The van der Waals surface area contributed by atoms with E-state index in [4.69, 9.17) is 16.3 Å². The fraction of sp³-hybridized carbons (Fsp3) is 0.200. The molecular weight excluding hydrogens is 370 g/mol. The number of carbonyl (C=O) groups excluding carboxylic acids is 2. The maximum atomic E-state index is 13.2. The summed E-state index contributed by atoms with van der Waals surface area (Å²) in [4.78, 5) is 27.9. The number of nitrogens with zero attached hydrogens (tertiary/aromatic N) is 1. The number of rotatable bonds is 5. The number of methoxy groups -OCH3 is 1. The minimum Gasteiger partial charge on any atom is -0.497 e. The van der Waals surface area contributed by atoms with Crippen LogP contribution in [-0.2, 0) is 9.59 Å². The van der Waals surface area contributed by atoms with Gasteiger partial charge in [0.05, 0.1) is 23.3 Å². The number of thioether (sulfide) groups is 1. The molecule has 0 unspecified atom stereocenters. The van der Waals surface area contributed by atoms with Crippen LogP contribution in [0.1, 0.15) is 18.1 Å². The first-order valence-corrected chi connectivity index (χ1v) is 9.50. The Balaban J connectivity index is 2.10. The van der Waals surface area contributed by atoms with E-state index in [2.05, 4.69) is 0 Å². The van der Waals surface area contributed by atoms with E-state index in [1.54, 1.807) is 49.6 Å². The SMILES string of the molecule is CCSC1=C(c2ccc(OC)cc2)C(=O)N(c2cc(Cl)ccc2C)C1=O. The Labute approximate surface area is 161 Å². The topological polar surface area (TPSA) is 46.6 Å². The van der Waals surface area contributed by atoms with Gasteiger partial charge in [0.2, 0.25) is 0 Å². The summed E-state index contributed by atoms with van der Waals surface area (Å²) in [5.41, 5.74) is 2.45. The third-order valence-corrected chi connectivity index (χ3v) is 5.31. The van der Waals surface area contributed by atoms with Crippen molar-refractivity contribution in [1.29, 1.82) is 0 Å². The lowest BCUT2D eigenvalue weighted by atomic mass is 10.1. The van der Waals surface area contributed by atoms with Crippen LogP contribution in [-0.4, -0.2) is 24.7 Å². The van der Waals surface area contributed by atoms with Crippen LogP contribution in [0, 0.1) is 6.92 Å². The molecule has 1 aliphatic heterocycles. The zero-order valence-electron chi connectivity index (χ0n) is 14.7. The van der Waals surface area contributed by atoms with E-state index in [-0.39, 0.29) is 11.8 Å². The number of anilines is 1. The van der Waals surface area contributed by atoms with Crippen LogP contribution in [0.15, 0.2) is 47.4 Å². The van der Waals surface area contributed by atoms with Crippen molar-refractivity contribution in [3.8, 4) is 5.75 Å². The standard InChI is InChI=1S/C20H18ClNO3S/c1-4-26-18-17(13-6-9-15(25-3)10-7-13)19(23)22(20(18)24)16-11-14(21)8-5-12(16)2/h5-11H,4H2,1-3H3. The van der Waals surface area contributed by atoms with E-state index in [0.29, 0.717) is 38.3 Å². The fourth-order valence-electron chi connectivity index (χ4n) is 2.84. The van der Waals surface area contributed by atoms with Gasteiger partial charge in [-0.25, -0.2) is 4.90 Å². The summed E-state index contributed by atoms with van der Waals surface area (Å²) in [6.07, 6.45) is 0. The van der Waals surface area contributed by atoms with Crippen molar-refractivity contribution in [3.63, 3.8) is 0 Å². The van der Waals surface area contributed by atoms with E-state index < -0.39 is 0 Å². The quantitative estimate of drug-likeness (QED) is 0.698. The molecule has 0 saturated heterocycles. The minimum atomic E-state index is -0.332. The maximum Gasteiger partial charge on any atom is 0.272 e. The Morgan fingerprint density at radius 3 is 2.38 bits per heavy atom. The highest BCUT2D eigenvalue weighted by Crippen LogP contribution is 2.40. The maximum absolute atomic E-state index is 13.2. The summed E-state index contributed by atoms with van der Waals surface area (Å²) in [7, 11) is 1.58. The van der Waals surface area contributed by atoms with Gasteiger partial charge in [-0.05, 0) is 48.1 Å². The Bertz CT molecular complexity index is 906. The van der Waals surface area contributed by atoms with Gasteiger partial charge in [0.1, 0.15) is 5.75 Å². The second-order valence-electron chi connectivity index (χ2n) is 5.74. The molecular formula is C20H18ClNO3S. The summed E-state index contributed by atoms with van der Waals surface area (Å²) in [6, 6.07) is 12.3. The van der Waals surface area contributed by atoms with Gasteiger partial charge in [0, 0.05) is 5.02 Å². The van der Waals surface area contributed by atoms with Crippen LogP contribution >= 0.6 is 23.4 Å². The first-order chi connectivity index (χ1) is 12.5. The summed E-state index contributed by atoms with van der Waals surface area (Å²) >= 11 is 7.47. The van der Waals surface area contributed by atoms with Crippen LogP contribution < -0.4 is 9.64 Å². The fourth-order valence-corrected chi connectivity index (χ4v) is 3.86. The number of hydrogen-bond acceptors (Lipinski definition) is 4. The molecule has 3 rings (SSSR count). The molecule has 4 nitrogen and oxygen atoms in total. The predicted molar refractivity (Wildman–Crippen MR) is 107 cm³/mol. The number of benzene rings is 2. The summed E-state index contributed by atoms with van der Waals surface area (Å²) in [6.45, 7) is 3.80. The summed E-state index contributed by atoms with van der Waals surface area (Å²) in [5, 5.41) is 0.480. The Hall–Kier alpha value is -2.24. The molecule has 1 heterocycles. The van der Waals surface area contributed by atoms with Gasteiger partial charge in [-0.3, -0.25) is 9.59 Å². The van der Waals surface area contributed by atoms with Crippen molar-refractivity contribution in [1.82, 2.24) is 0 Å². The molecule has 26 heavy (non-hydrogen) atoms. The zero-order valence-corrected chi connectivity index (χ0v) is 16.3. The number of carbonyl (C=O) groups is 2. The lowest BCUT2D eigenvalue weighted by Crippen LogP contribution is -2.32. The number of aryl methyl sites for hydroxylation is 1. The van der Waals surface area contributed by atoms with Gasteiger partial charge in [0.15, 0.2) is 0 Å². The molecule has 2 amide bonds. The van der Waals surface area contributed by atoms with Gasteiger partial charge in [0.25, 0.3) is 11.8 Å². The second-order valence-corrected chi connectivity index (χ2v) is 7.45. The molecule has 2 aromatic carbocycles. The van der Waals surface area contributed by atoms with Crippen molar-refractivity contribution >= 4 is 46.4 Å². The minimum absolute atomic E-state index is 0.307. The third-order valence-electron chi connectivity index (χ3n) is 4.12. The van der Waals surface area contributed by atoms with Crippen LogP contribution in [0.25, 0.3) is 5.57 Å². The lowest BCUT2D eigenvalue weighted by Gasteiger charge is -2.18. The van der Waals surface area contributed by atoms with Crippen molar-refractivity contribution < 1.29 is 14.3 Å². The number of amides is 2. The second kappa shape index (κ2) is 7.56. The molecule has 1 aliphatic rings. The summed E-state index contributed by atoms with van der Waals surface area (Å²) in [5.74, 6) is 0.744. The Kier molecular flexibility index (Phi) is 5.39. The highest BCUT2D eigenvalue weighted by Gasteiger charge is 2.40. The van der Waals surface area contributed by atoms with Crippen molar-refractivity contribution in [2.45, 2.75) is 13.8 Å². The Morgan fingerprint density at radius 1 is 1.08 bits per heavy atom. The first-order valence-electron chi connectivity index (χ1n) is 8.14. The van der Waals surface area contributed by atoms with E-state index in [1.165, 1.54) is 16.7 Å². The number of ether oxygens (including phenoxy) is 1. The van der Waals surface area contributed by atoms with Crippen LogP contribution in [0.2, 0.25) is 5.02 Å². The number of halogens is 1. The molecule has 6 heteroatoms. The predicted octanol–water partition coefficient (Wildman–Crippen LogP) is 4.69. The van der Waals surface area contributed by atoms with Gasteiger partial charge < -0.3 is 4.74 Å². The summed E-state index contributed by atoms with van der Waals surface area (Å²) < 4.78 is 5.18. The first kappa shape index (κ1) is 18.5. The van der Waals surface area contributed by atoms with E-state index in [9.17, 15) is 9.59 Å². The molecule has 0 saturated carbocycles. The van der Waals surface area contributed by atoms with E-state index in [1.807, 2.05) is 13.8 Å².